The Morgan fingerprint density at radius 3 is 1.38 bits per heavy atom. The molecule has 0 heterocycles. The van der Waals surface area contributed by atoms with E-state index in [-0.39, 0.29) is 29.5 Å². The molecule has 0 radical (unpaired) electrons. The summed E-state index contributed by atoms with van der Waals surface area (Å²) in [5, 5.41) is 0. The standard InChI is InChI=1S/C19H41N.HI/c1-5-6-7-8-9-10-11-12-13-14-15-16-17-18(2)19(3,4)20;/h18H,5-17,20H2,1-4H3;1H. The van der Waals surface area contributed by atoms with E-state index in [0.717, 1.165) is 0 Å². The van der Waals surface area contributed by atoms with Crippen LogP contribution in [0.4, 0.5) is 0 Å². The zero-order chi connectivity index (χ0) is 15.3. The highest BCUT2D eigenvalue weighted by atomic mass is 127. The molecule has 0 aliphatic heterocycles. The zero-order valence-electron chi connectivity index (χ0n) is 15.3. The Morgan fingerprint density at radius 2 is 1.05 bits per heavy atom. The lowest BCUT2D eigenvalue weighted by Crippen LogP contribution is -2.39. The Morgan fingerprint density at radius 1 is 0.714 bits per heavy atom. The van der Waals surface area contributed by atoms with Gasteiger partial charge in [-0.15, -0.1) is 24.0 Å². The average Bonchev–Trinajstić information content (AvgIpc) is 2.38. The summed E-state index contributed by atoms with van der Waals surface area (Å²) >= 11 is 0. The van der Waals surface area contributed by atoms with Crippen molar-refractivity contribution in [2.24, 2.45) is 11.7 Å². The van der Waals surface area contributed by atoms with E-state index in [4.69, 9.17) is 5.73 Å². The van der Waals surface area contributed by atoms with Gasteiger partial charge in [0.2, 0.25) is 0 Å². The van der Waals surface area contributed by atoms with Gasteiger partial charge in [-0.05, 0) is 26.2 Å². The lowest BCUT2D eigenvalue weighted by molar-refractivity contribution is 0.316. The second kappa shape index (κ2) is 15.6. The highest BCUT2D eigenvalue weighted by Crippen LogP contribution is 2.20. The molecule has 0 spiro atoms. The molecule has 0 aromatic heterocycles. The number of nitrogens with two attached hydrogens (primary N) is 1. The van der Waals surface area contributed by atoms with Gasteiger partial charge in [-0.25, -0.2) is 0 Å². The number of hydrogen-bond donors (Lipinski definition) is 1. The van der Waals surface area contributed by atoms with E-state index in [1.165, 1.54) is 83.5 Å². The number of halogens is 1. The quantitative estimate of drug-likeness (QED) is 0.240. The van der Waals surface area contributed by atoms with Gasteiger partial charge in [-0.3, -0.25) is 0 Å². The molecule has 21 heavy (non-hydrogen) atoms. The largest absolute Gasteiger partial charge is 0.325 e. The minimum absolute atomic E-state index is 0. The zero-order valence-corrected chi connectivity index (χ0v) is 17.6. The molecule has 0 aliphatic rings. The lowest BCUT2D eigenvalue weighted by atomic mass is 9.86. The normalized spacial score (nSPS) is 13.0. The van der Waals surface area contributed by atoms with Crippen LogP contribution in [0.2, 0.25) is 0 Å². The first-order chi connectivity index (χ1) is 9.48. The lowest BCUT2D eigenvalue weighted by Gasteiger charge is -2.27. The summed E-state index contributed by atoms with van der Waals surface area (Å²) in [7, 11) is 0. The molecule has 1 nitrogen and oxygen atoms in total. The van der Waals surface area contributed by atoms with Gasteiger partial charge in [0.25, 0.3) is 0 Å². The van der Waals surface area contributed by atoms with Crippen molar-refractivity contribution in [1.82, 2.24) is 0 Å². The topological polar surface area (TPSA) is 26.0 Å². The van der Waals surface area contributed by atoms with Crippen LogP contribution in [-0.2, 0) is 0 Å². The maximum Gasteiger partial charge on any atom is 0.0123 e. The van der Waals surface area contributed by atoms with Gasteiger partial charge < -0.3 is 5.73 Å². The Kier molecular flexibility index (Phi) is 17.8. The van der Waals surface area contributed by atoms with E-state index in [2.05, 4.69) is 27.7 Å². The summed E-state index contributed by atoms with van der Waals surface area (Å²) in [6.45, 7) is 8.88. The molecule has 2 heteroatoms. The number of rotatable bonds is 14. The van der Waals surface area contributed by atoms with Crippen molar-refractivity contribution in [3.63, 3.8) is 0 Å². The molecular weight excluding hydrogens is 369 g/mol. The Balaban J connectivity index is 0. The van der Waals surface area contributed by atoms with Crippen molar-refractivity contribution in [3.8, 4) is 0 Å². The van der Waals surface area contributed by atoms with Crippen LogP contribution < -0.4 is 5.73 Å². The van der Waals surface area contributed by atoms with Gasteiger partial charge in [0, 0.05) is 5.54 Å². The average molecular weight is 411 g/mol. The highest BCUT2D eigenvalue weighted by Gasteiger charge is 2.19. The third-order valence-corrected chi connectivity index (χ3v) is 4.76. The van der Waals surface area contributed by atoms with Crippen LogP contribution >= 0.6 is 24.0 Å². The van der Waals surface area contributed by atoms with Gasteiger partial charge in [0.15, 0.2) is 0 Å². The van der Waals surface area contributed by atoms with Crippen LogP contribution in [0.1, 0.15) is 111 Å². The van der Waals surface area contributed by atoms with Crippen molar-refractivity contribution >= 4 is 24.0 Å². The second-order valence-corrected chi connectivity index (χ2v) is 7.40. The van der Waals surface area contributed by atoms with Gasteiger partial charge in [0.05, 0.1) is 0 Å². The van der Waals surface area contributed by atoms with E-state index >= 15 is 0 Å². The molecule has 0 saturated heterocycles. The maximum atomic E-state index is 6.12. The third-order valence-electron chi connectivity index (χ3n) is 4.76. The van der Waals surface area contributed by atoms with E-state index in [9.17, 15) is 0 Å². The van der Waals surface area contributed by atoms with Gasteiger partial charge in [-0.2, -0.15) is 0 Å². The van der Waals surface area contributed by atoms with Crippen molar-refractivity contribution in [2.75, 3.05) is 0 Å². The van der Waals surface area contributed by atoms with E-state index in [1.54, 1.807) is 0 Å². The molecule has 0 saturated carbocycles. The molecule has 0 bridgehead atoms. The van der Waals surface area contributed by atoms with Crippen molar-refractivity contribution in [3.05, 3.63) is 0 Å². The van der Waals surface area contributed by atoms with Crippen LogP contribution in [0.15, 0.2) is 0 Å². The molecule has 0 rings (SSSR count). The third kappa shape index (κ3) is 16.9. The van der Waals surface area contributed by atoms with Crippen molar-refractivity contribution in [2.45, 2.75) is 117 Å². The fraction of sp³-hybridized carbons (Fsp3) is 1.00. The molecule has 0 aliphatic carbocycles. The Labute approximate surface area is 152 Å². The monoisotopic (exact) mass is 411 g/mol. The summed E-state index contributed by atoms with van der Waals surface area (Å²) in [4.78, 5) is 0. The van der Waals surface area contributed by atoms with E-state index in [1.807, 2.05) is 0 Å². The number of hydrogen-bond acceptors (Lipinski definition) is 1. The summed E-state index contributed by atoms with van der Waals surface area (Å²) in [6.07, 6.45) is 18.4. The highest BCUT2D eigenvalue weighted by molar-refractivity contribution is 14.0. The van der Waals surface area contributed by atoms with Crippen molar-refractivity contribution in [1.29, 1.82) is 0 Å². The fourth-order valence-corrected chi connectivity index (χ4v) is 2.66. The molecule has 2 N–H and O–H groups in total. The summed E-state index contributed by atoms with van der Waals surface area (Å²) in [5.41, 5.74) is 6.12. The predicted octanol–water partition coefficient (Wildman–Crippen LogP) is 7.07. The van der Waals surface area contributed by atoms with Gasteiger partial charge >= 0.3 is 0 Å². The van der Waals surface area contributed by atoms with Crippen molar-refractivity contribution < 1.29 is 0 Å². The molecule has 0 aromatic carbocycles. The van der Waals surface area contributed by atoms with Crippen LogP contribution in [0.5, 0.6) is 0 Å². The molecule has 0 aromatic rings. The second-order valence-electron chi connectivity index (χ2n) is 7.40. The Hall–Kier alpha value is 0.690. The molecule has 1 unspecified atom stereocenters. The summed E-state index contributed by atoms with van der Waals surface area (Å²) in [6, 6.07) is 0. The molecular formula is C19H42IN. The van der Waals surface area contributed by atoms with Crippen LogP contribution in [0, 0.1) is 5.92 Å². The first-order valence-electron chi connectivity index (χ1n) is 9.27. The van der Waals surface area contributed by atoms with Crippen LogP contribution in [0.25, 0.3) is 0 Å². The Bertz CT molecular complexity index is 198. The summed E-state index contributed by atoms with van der Waals surface area (Å²) < 4.78 is 0. The molecule has 130 valence electrons. The molecule has 0 amide bonds. The first kappa shape index (κ1) is 23.9. The first-order valence-corrected chi connectivity index (χ1v) is 9.27. The van der Waals surface area contributed by atoms with Gasteiger partial charge in [-0.1, -0.05) is 90.9 Å². The number of unbranched alkanes of at least 4 members (excludes halogenated alkanes) is 11. The fourth-order valence-electron chi connectivity index (χ4n) is 2.66. The van der Waals surface area contributed by atoms with E-state index in [0.29, 0.717) is 5.92 Å². The molecule has 0 fully saturated rings. The van der Waals surface area contributed by atoms with Gasteiger partial charge in [0.1, 0.15) is 0 Å². The summed E-state index contributed by atoms with van der Waals surface area (Å²) in [5.74, 6) is 0.644. The SMILES string of the molecule is CCCCCCCCCCCCCCC(C)C(C)(C)N.I. The maximum absolute atomic E-state index is 6.12. The minimum atomic E-state index is -0.00221. The predicted molar refractivity (Wildman–Crippen MR) is 109 cm³/mol. The minimum Gasteiger partial charge on any atom is -0.325 e. The molecule has 1 atom stereocenters. The van der Waals surface area contributed by atoms with Crippen LogP contribution in [-0.4, -0.2) is 5.54 Å². The smallest absolute Gasteiger partial charge is 0.0123 e. The van der Waals surface area contributed by atoms with Crippen LogP contribution in [0.3, 0.4) is 0 Å². The van der Waals surface area contributed by atoms with E-state index < -0.39 is 0 Å².